The molecule has 8 heteroatoms. The largest absolute Gasteiger partial charge is 0.468 e. The van der Waals surface area contributed by atoms with Gasteiger partial charge in [0, 0.05) is 31.4 Å². The summed E-state index contributed by atoms with van der Waals surface area (Å²) < 4.78 is 9.79. The van der Waals surface area contributed by atoms with Gasteiger partial charge in [0.15, 0.2) is 5.41 Å². The second-order valence-corrected chi connectivity index (χ2v) is 6.70. The van der Waals surface area contributed by atoms with Crippen LogP contribution >= 0.6 is 0 Å². The topological polar surface area (TPSA) is 110 Å². The Bertz CT molecular complexity index is 750. The number of nitrogens with zero attached hydrogens (tertiary/aromatic N) is 3. The molecule has 1 atom stereocenters. The van der Waals surface area contributed by atoms with Crippen molar-refractivity contribution in [2.24, 2.45) is 5.41 Å². The number of amides is 1. The van der Waals surface area contributed by atoms with Gasteiger partial charge in [-0.15, -0.1) is 0 Å². The molecular weight excluding hydrogens is 362 g/mol. The van der Waals surface area contributed by atoms with Crippen molar-refractivity contribution < 1.29 is 23.9 Å². The summed E-state index contributed by atoms with van der Waals surface area (Å²) in [5.74, 6) is -1.75. The summed E-state index contributed by atoms with van der Waals surface area (Å²) in [7, 11) is 1.15. The fourth-order valence-electron chi connectivity index (χ4n) is 3.28. The molecule has 2 heterocycles. The average Bonchev–Trinajstić information content (AvgIpc) is 2.73. The fraction of sp³-hybridized carbons (Fsp3) is 0.550. The van der Waals surface area contributed by atoms with Crippen LogP contribution in [0.1, 0.15) is 48.7 Å². The van der Waals surface area contributed by atoms with E-state index < -0.39 is 23.8 Å². The Balaban J connectivity index is 2.24. The predicted molar refractivity (Wildman–Crippen MR) is 99.0 cm³/mol. The standard InChI is InChI=1S/C20H25N3O5/c1-3-28-19(26)20(9-10-21,18(25)27-2)13-16-8-7-15(14-22-16)17(24)23-11-5-4-6-12-23/h7-8,14H,3-6,9,11-13H2,1-2H3. The van der Waals surface area contributed by atoms with Crippen LogP contribution in [0.5, 0.6) is 0 Å². The third kappa shape index (κ3) is 4.66. The van der Waals surface area contributed by atoms with Crippen LogP contribution in [-0.2, 0) is 25.5 Å². The van der Waals surface area contributed by atoms with Crippen molar-refractivity contribution >= 4 is 17.8 Å². The molecule has 1 saturated heterocycles. The maximum Gasteiger partial charge on any atom is 0.324 e. The average molecular weight is 387 g/mol. The predicted octanol–water partition coefficient (Wildman–Crippen LogP) is 1.89. The van der Waals surface area contributed by atoms with Crippen molar-refractivity contribution in [3.05, 3.63) is 29.6 Å². The first kappa shape index (κ1) is 21.4. The van der Waals surface area contributed by atoms with E-state index in [9.17, 15) is 14.4 Å². The van der Waals surface area contributed by atoms with Crippen LogP contribution in [0, 0.1) is 16.7 Å². The molecule has 2 rings (SSSR count). The van der Waals surface area contributed by atoms with Gasteiger partial charge in [-0.2, -0.15) is 5.26 Å². The molecule has 0 aliphatic carbocycles. The monoisotopic (exact) mass is 387 g/mol. The molecular formula is C20H25N3O5. The summed E-state index contributed by atoms with van der Waals surface area (Å²) in [5.41, 5.74) is -0.945. The lowest BCUT2D eigenvalue weighted by atomic mass is 9.80. The molecule has 1 aromatic rings. The van der Waals surface area contributed by atoms with Gasteiger partial charge in [-0.1, -0.05) is 0 Å². The third-order valence-corrected chi connectivity index (χ3v) is 4.82. The highest BCUT2D eigenvalue weighted by Gasteiger charge is 2.49. The highest BCUT2D eigenvalue weighted by molar-refractivity contribution is 6.00. The van der Waals surface area contributed by atoms with Crippen LogP contribution in [0.4, 0.5) is 0 Å². The summed E-state index contributed by atoms with van der Waals surface area (Å²) >= 11 is 0. The summed E-state index contributed by atoms with van der Waals surface area (Å²) in [4.78, 5) is 43.4. The second kappa shape index (κ2) is 9.83. The SMILES string of the molecule is CCOC(=O)C(CC#N)(Cc1ccc(C(=O)N2CCCCC2)cn1)C(=O)OC. The highest BCUT2D eigenvalue weighted by Crippen LogP contribution is 2.30. The van der Waals surface area contributed by atoms with Gasteiger partial charge >= 0.3 is 11.9 Å². The molecule has 0 aromatic carbocycles. The number of rotatable bonds is 7. The maximum atomic E-state index is 12.5. The van der Waals surface area contributed by atoms with Gasteiger partial charge in [0.25, 0.3) is 5.91 Å². The van der Waals surface area contributed by atoms with Gasteiger partial charge in [0.05, 0.1) is 31.8 Å². The van der Waals surface area contributed by atoms with Gasteiger partial charge in [0.1, 0.15) is 0 Å². The van der Waals surface area contributed by atoms with E-state index in [1.807, 2.05) is 6.07 Å². The number of methoxy groups -OCH3 is 1. The van der Waals surface area contributed by atoms with Crippen LogP contribution in [0.15, 0.2) is 18.3 Å². The lowest BCUT2D eigenvalue weighted by molar-refractivity contribution is -0.170. The van der Waals surface area contributed by atoms with Crippen molar-refractivity contribution in [1.82, 2.24) is 9.88 Å². The Labute approximate surface area is 164 Å². The van der Waals surface area contributed by atoms with E-state index in [0.29, 0.717) is 11.3 Å². The van der Waals surface area contributed by atoms with E-state index in [-0.39, 0.29) is 18.9 Å². The molecule has 0 radical (unpaired) electrons. The molecule has 0 spiro atoms. The Kier molecular flexibility index (Phi) is 7.50. The molecule has 1 fully saturated rings. The van der Waals surface area contributed by atoms with Crippen LogP contribution in [0.3, 0.4) is 0 Å². The first-order valence-electron chi connectivity index (χ1n) is 9.35. The number of piperidine rings is 1. The molecule has 1 unspecified atom stereocenters. The zero-order valence-electron chi connectivity index (χ0n) is 16.3. The Morgan fingerprint density at radius 2 is 1.93 bits per heavy atom. The number of esters is 2. The van der Waals surface area contributed by atoms with E-state index in [4.69, 9.17) is 14.7 Å². The number of nitriles is 1. The van der Waals surface area contributed by atoms with Gasteiger partial charge in [-0.05, 0) is 38.3 Å². The van der Waals surface area contributed by atoms with Crippen LogP contribution in [-0.4, -0.2) is 54.5 Å². The Hall–Kier alpha value is -2.95. The lowest BCUT2D eigenvalue weighted by Crippen LogP contribution is -2.43. The number of aromatic nitrogens is 1. The Morgan fingerprint density at radius 3 is 2.46 bits per heavy atom. The number of carbonyl (C=O) groups excluding carboxylic acids is 3. The van der Waals surface area contributed by atoms with Crippen molar-refractivity contribution in [2.75, 3.05) is 26.8 Å². The highest BCUT2D eigenvalue weighted by atomic mass is 16.6. The molecule has 1 amide bonds. The molecule has 1 aliphatic rings. The van der Waals surface area contributed by atoms with Gasteiger partial charge in [0.2, 0.25) is 0 Å². The zero-order chi connectivity index (χ0) is 20.6. The van der Waals surface area contributed by atoms with E-state index in [0.717, 1.165) is 39.5 Å². The molecule has 0 N–H and O–H groups in total. The molecule has 0 saturated carbocycles. The summed E-state index contributed by atoms with van der Waals surface area (Å²) in [6.07, 6.45) is 4.01. The number of carbonyl (C=O) groups is 3. The third-order valence-electron chi connectivity index (χ3n) is 4.82. The van der Waals surface area contributed by atoms with Crippen molar-refractivity contribution in [1.29, 1.82) is 5.26 Å². The summed E-state index contributed by atoms with van der Waals surface area (Å²) in [6.45, 7) is 3.15. The minimum Gasteiger partial charge on any atom is -0.468 e. The Morgan fingerprint density at radius 1 is 1.21 bits per heavy atom. The normalized spacial score (nSPS) is 15.8. The lowest BCUT2D eigenvalue weighted by Gasteiger charge is -2.27. The molecule has 0 bridgehead atoms. The van der Waals surface area contributed by atoms with Gasteiger partial charge < -0.3 is 14.4 Å². The smallest absolute Gasteiger partial charge is 0.324 e. The number of ether oxygens (including phenoxy) is 2. The number of likely N-dealkylation sites (tertiary alicyclic amines) is 1. The van der Waals surface area contributed by atoms with Crippen molar-refractivity contribution in [3.63, 3.8) is 0 Å². The summed E-state index contributed by atoms with van der Waals surface area (Å²) in [5, 5.41) is 9.17. The second-order valence-electron chi connectivity index (χ2n) is 6.70. The quantitative estimate of drug-likeness (QED) is 0.519. The van der Waals surface area contributed by atoms with Crippen LogP contribution < -0.4 is 0 Å². The molecule has 8 nitrogen and oxygen atoms in total. The number of pyridine rings is 1. The zero-order valence-corrected chi connectivity index (χ0v) is 16.3. The minimum absolute atomic E-state index is 0.0692. The van der Waals surface area contributed by atoms with Crippen LogP contribution in [0.2, 0.25) is 0 Å². The molecule has 1 aliphatic heterocycles. The first-order valence-corrected chi connectivity index (χ1v) is 9.35. The molecule has 150 valence electrons. The first-order chi connectivity index (χ1) is 13.5. The van der Waals surface area contributed by atoms with Gasteiger partial charge in [-0.3, -0.25) is 19.4 Å². The van der Waals surface area contributed by atoms with E-state index >= 15 is 0 Å². The fourth-order valence-corrected chi connectivity index (χ4v) is 3.28. The molecule has 28 heavy (non-hydrogen) atoms. The van der Waals surface area contributed by atoms with Crippen LogP contribution in [0.25, 0.3) is 0 Å². The van der Waals surface area contributed by atoms with Crippen molar-refractivity contribution in [2.45, 2.75) is 39.0 Å². The van der Waals surface area contributed by atoms with E-state index in [1.54, 1.807) is 24.0 Å². The number of hydrogen-bond acceptors (Lipinski definition) is 7. The maximum absolute atomic E-state index is 12.5. The van der Waals surface area contributed by atoms with E-state index in [1.165, 1.54) is 6.20 Å². The summed E-state index contributed by atoms with van der Waals surface area (Å²) in [6, 6.07) is 5.08. The van der Waals surface area contributed by atoms with Crippen molar-refractivity contribution in [3.8, 4) is 6.07 Å². The molecule has 1 aromatic heterocycles. The van der Waals surface area contributed by atoms with E-state index in [2.05, 4.69) is 4.98 Å². The minimum atomic E-state index is -1.79. The van der Waals surface area contributed by atoms with Gasteiger partial charge in [-0.25, -0.2) is 0 Å². The number of hydrogen-bond donors (Lipinski definition) is 0.